The third kappa shape index (κ3) is 2.55. The molecule has 0 amide bonds. The highest BCUT2D eigenvalue weighted by molar-refractivity contribution is 5.32. The normalized spacial score (nSPS) is 12.4. The summed E-state index contributed by atoms with van der Waals surface area (Å²) in [6.45, 7) is 3.81. The van der Waals surface area contributed by atoms with Crippen molar-refractivity contribution in [1.82, 2.24) is 10.4 Å². The second-order valence-corrected chi connectivity index (χ2v) is 4.33. The third-order valence-electron chi connectivity index (χ3n) is 2.83. The van der Waals surface area contributed by atoms with E-state index in [1.165, 1.54) is 6.07 Å². The summed E-state index contributed by atoms with van der Waals surface area (Å²) in [5.41, 5.74) is 5.71. The monoisotopic (exact) mass is 245 g/mol. The van der Waals surface area contributed by atoms with Crippen LogP contribution in [-0.2, 0) is 0 Å². The second-order valence-electron chi connectivity index (χ2n) is 4.33. The maximum atomic E-state index is 13.9. The molecular formula is C14H16FN3. The van der Waals surface area contributed by atoms with Gasteiger partial charge in [-0.15, -0.1) is 0 Å². The number of benzene rings is 1. The van der Waals surface area contributed by atoms with Crippen LogP contribution < -0.4 is 11.3 Å². The van der Waals surface area contributed by atoms with Crippen molar-refractivity contribution in [1.29, 1.82) is 0 Å². The fourth-order valence-electron chi connectivity index (χ4n) is 1.94. The van der Waals surface area contributed by atoms with Crippen molar-refractivity contribution < 1.29 is 4.39 Å². The molecule has 2 aromatic rings. The van der Waals surface area contributed by atoms with Gasteiger partial charge in [0.15, 0.2) is 0 Å². The largest absolute Gasteiger partial charge is 0.271 e. The van der Waals surface area contributed by atoms with Crippen LogP contribution in [0.5, 0.6) is 0 Å². The van der Waals surface area contributed by atoms with E-state index in [1.807, 2.05) is 32.0 Å². The summed E-state index contributed by atoms with van der Waals surface area (Å²) in [4.78, 5) is 4.38. The predicted molar refractivity (Wildman–Crippen MR) is 69.3 cm³/mol. The summed E-state index contributed by atoms with van der Waals surface area (Å²) < 4.78 is 13.9. The minimum absolute atomic E-state index is 0.285. The molecule has 94 valence electrons. The van der Waals surface area contributed by atoms with Crippen LogP contribution in [0.25, 0.3) is 0 Å². The standard InChI is InChI=1S/C14H16FN3/c1-9-6-7-12(15)11(8-9)14(18-16)13-5-3-4-10(2)17-13/h3-8,14,18H,16H2,1-2H3. The first-order valence-electron chi connectivity index (χ1n) is 5.77. The van der Waals surface area contributed by atoms with Crippen LogP contribution in [0, 0.1) is 19.7 Å². The van der Waals surface area contributed by atoms with E-state index < -0.39 is 6.04 Å². The molecule has 3 N–H and O–H groups in total. The van der Waals surface area contributed by atoms with E-state index >= 15 is 0 Å². The number of rotatable bonds is 3. The first-order valence-corrected chi connectivity index (χ1v) is 5.77. The molecule has 0 aliphatic rings. The number of hydrazine groups is 1. The Kier molecular flexibility index (Phi) is 3.69. The highest BCUT2D eigenvalue weighted by Crippen LogP contribution is 2.23. The quantitative estimate of drug-likeness (QED) is 0.645. The Labute approximate surface area is 106 Å². The van der Waals surface area contributed by atoms with Gasteiger partial charge >= 0.3 is 0 Å². The number of hydrogen-bond donors (Lipinski definition) is 2. The lowest BCUT2D eigenvalue weighted by atomic mass is 10.0. The molecule has 0 fully saturated rings. The van der Waals surface area contributed by atoms with E-state index in [0.29, 0.717) is 11.3 Å². The van der Waals surface area contributed by atoms with E-state index in [-0.39, 0.29) is 5.82 Å². The number of halogens is 1. The van der Waals surface area contributed by atoms with Gasteiger partial charge in [-0.25, -0.2) is 9.82 Å². The number of aryl methyl sites for hydroxylation is 2. The molecule has 0 saturated carbocycles. The molecule has 1 heterocycles. The second kappa shape index (κ2) is 5.25. The van der Waals surface area contributed by atoms with Gasteiger partial charge in [-0.3, -0.25) is 10.8 Å². The van der Waals surface area contributed by atoms with Gasteiger partial charge in [0.2, 0.25) is 0 Å². The lowest BCUT2D eigenvalue weighted by Gasteiger charge is -2.17. The number of pyridine rings is 1. The van der Waals surface area contributed by atoms with Crippen molar-refractivity contribution in [2.75, 3.05) is 0 Å². The fraction of sp³-hybridized carbons (Fsp3) is 0.214. The lowest BCUT2D eigenvalue weighted by Crippen LogP contribution is -2.30. The van der Waals surface area contributed by atoms with Gasteiger partial charge in [-0.2, -0.15) is 0 Å². The first-order chi connectivity index (χ1) is 8.61. The zero-order valence-electron chi connectivity index (χ0n) is 10.4. The van der Waals surface area contributed by atoms with Gasteiger partial charge < -0.3 is 0 Å². The average molecular weight is 245 g/mol. The minimum atomic E-state index is -0.440. The summed E-state index contributed by atoms with van der Waals surface area (Å²) in [5.74, 6) is 5.26. The molecule has 1 aromatic heterocycles. The van der Waals surface area contributed by atoms with Crippen LogP contribution in [0.2, 0.25) is 0 Å². The molecule has 4 heteroatoms. The van der Waals surface area contributed by atoms with Crippen molar-refractivity contribution in [3.63, 3.8) is 0 Å². The number of aromatic nitrogens is 1. The molecule has 18 heavy (non-hydrogen) atoms. The lowest BCUT2D eigenvalue weighted by molar-refractivity contribution is 0.552. The van der Waals surface area contributed by atoms with Crippen LogP contribution in [0.1, 0.15) is 28.6 Å². The first kappa shape index (κ1) is 12.7. The Morgan fingerprint density at radius 2 is 2.00 bits per heavy atom. The number of hydrogen-bond acceptors (Lipinski definition) is 3. The van der Waals surface area contributed by atoms with Gasteiger partial charge in [0.05, 0.1) is 11.7 Å². The Morgan fingerprint density at radius 3 is 2.67 bits per heavy atom. The molecule has 0 spiro atoms. The SMILES string of the molecule is Cc1ccc(F)c(C(NN)c2cccc(C)n2)c1. The van der Waals surface area contributed by atoms with E-state index in [1.54, 1.807) is 12.1 Å². The molecule has 2 rings (SSSR count). The van der Waals surface area contributed by atoms with E-state index in [4.69, 9.17) is 5.84 Å². The van der Waals surface area contributed by atoms with Crippen LogP contribution in [0.3, 0.4) is 0 Å². The van der Waals surface area contributed by atoms with Gasteiger partial charge in [-0.05, 0) is 32.0 Å². The molecule has 1 unspecified atom stereocenters. The highest BCUT2D eigenvalue weighted by Gasteiger charge is 2.17. The Bertz CT molecular complexity index is 554. The summed E-state index contributed by atoms with van der Waals surface area (Å²) in [7, 11) is 0. The van der Waals surface area contributed by atoms with Crippen LogP contribution in [-0.4, -0.2) is 4.98 Å². The number of nitrogens with one attached hydrogen (secondary N) is 1. The molecule has 1 aromatic carbocycles. The Morgan fingerprint density at radius 1 is 1.22 bits per heavy atom. The number of nitrogens with zero attached hydrogens (tertiary/aromatic N) is 1. The van der Waals surface area contributed by atoms with Crippen molar-refractivity contribution in [3.8, 4) is 0 Å². The zero-order chi connectivity index (χ0) is 13.1. The topological polar surface area (TPSA) is 50.9 Å². The van der Waals surface area contributed by atoms with E-state index in [2.05, 4.69) is 10.4 Å². The van der Waals surface area contributed by atoms with Gasteiger partial charge in [0.25, 0.3) is 0 Å². The molecule has 3 nitrogen and oxygen atoms in total. The van der Waals surface area contributed by atoms with Crippen molar-refractivity contribution in [2.45, 2.75) is 19.9 Å². The summed E-state index contributed by atoms with van der Waals surface area (Å²) >= 11 is 0. The minimum Gasteiger partial charge on any atom is -0.271 e. The average Bonchev–Trinajstić information content (AvgIpc) is 2.35. The van der Waals surface area contributed by atoms with Crippen molar-refractivity contribution in [2.24, 2.45) is 5.84 Å². The summed E-state index contributed by atoms with van der Waals surface area (Å²) in [5, 5.41) is 0. The summed E-state index contributed by atoms with van der Waals surface area (Å²) in [6.07, 6.45) is 0. The maximum Gasteiger partial charge on any atom is 0.128 e. The maximum absolute atomic E-state index is 13.9. The predicted octanol–water partition coefficient (Wildman–Crippen LogP) is 2.39. The highest BCUT2D eigenvalue weighted by atomic mass is 19.1. The smallest absolute Gasteiger partial charge is 0.128 e. The van der Waals surface area contributed by atoms with Crippen LogP contribution >= 0.6 is 0 Å². The molecule has 1 atom stereocenters. The van der Waals surface area contributed by atoms with Crippen LogP contribution in [0.4, 0.5) is 4.39 Å². The number of nitrogens with two attached hydrogens (primary N) is 1. The Hall–Kier alpha value is -1.78. The van der Waals surface area contributed by atoms with E-state index in [9.17, 15) is 4.39 Å². The van der Waals surface area contributed by atoms with Gasteiger partial charge in [-0.1, -0.05) is 23.8 Å². The Balaban J connectivity index is 2.48. The molecular weight excluding hydrogens is 229 g/mol. The molecule has 0 radical (unpaired) electrons. The van der Waals surface area contributed by atoms with Crippen LogP contribution in [0.15, 0.2) is 36.4 Å². The van der Waals surface area contributed by atoms with Gasteiger partial charge in [0.1, 0.15) is 5.82 Å². The molecule has 0 bridgehead atoms. The van der Waals surface area contributed by atoms with E-state index in [0.717, 1.165) is 11.3 Å². The molecule has 0 aliphatic heterocycles. The molecule has 0 saturated heterocycles. The van der Waals surface area contributed by atoms with Crippen molar-refractivity contribution >= 4 is 0 Å². The molecule has 0 aliphatic carbocycles. The third-order valence-corrected chi connectivity index (χ3v) is 2.83. The summed E-state index contributed by atoms with van der Waals surface area (Å²) in [6, 6.07) is 10.1. The van der Waals surface area contributed by atoms with Crippen molar-refractivity contribution in [3.05, 3.63) is 64.7 Å². The zero-order valence-corrected chi connectivity index (χ0v) is 10.4. The fourth-order valence-corrected chi connectivity index (χ4v) is 1.94. The van der Waals surface area contributed by atoms with Gasteiger partial charge in [0, 0.05) is 11.3 Å².